The Kier molecular flexibility index (Phi) is 22.2. The minimum Gasteiger partial charge on any atom is -0.399 e. The predicted molar refractivity (Wildman–Crippen MR) is 462 cm³/mol. The van der Waals surface area contributed by atoms with Gasteiger partial charge in [0.05, 0.1) is 42.7 Å². The van der Waals surface area contributed by atoms with E-state index in [4.69, 9.17) is 25.7 Å². The summed E-state index contributed by atoms with van der Waals surface area (Å²) in [6, 6.07) is 92.7. The van der Waals surface area contributed by atoms with Crippen LogP contribution in [-0.2, 0) is 30.5 Å². The van der Waals surface area contributed by atoms with Crippen LogP contribution in [0.25, 0.3) is 33.4 Å². The van der Waals surface area contributed by atoms with Gasteiger partial charge in [0.25, 0.3) is 0 Å². The van der Waals surface area contributed by atoms with Crippen LogP contribution in [0.15, 0.2) is 282 Å². The van der Waals surface area contributed by atoms with Crippen molar-refractivity contribution in [3.63, 3.8) is 0 Å². The first kappa shape index (κ1) is 72.6. The molecule has 0 aromatic heterocycles. The maximum atomic E-state index is 6.03. The molecule has 3 aliphatic carbocycles. The highest BCUT2D eigenvalue weighted by atomic mass is 127. The minimum atomic E-state index is -0.459. The summed E-state index contributed by atoms with van der Waals surface area (Å²) in [4.78, 5) is 4.83. The fourth-order valence-electron chi connectivity index (χ4n) is 16.2. The first-order valence-corrected chi connectivity index (χ1v) is 41.6. The SMILES string of the molecule is Brc1ccc2c(c1)C(c1ccc(I)cc1)(c1ccc(I)cc1)c1cc(Br)ccc1-2.Brc1ccc2c(c1)C(c1ccc(N3CCOCC3)cc1)(c1ccc(N3CCOCC3)cc1)c1cc(Br)ccc1-2.C1CCOCC1.Nc1ccc(C2(c3ccc(N)cc3)c3cc(Br)ccc3-c3ccc(Br)cc32)cc1. The van der Waals surface area contributed by atoms with E-state index in [-0.39, 0.29) is 5.41 Å². The van der Waals surface area contributed by atoms with Gasteiger partial charge in [0.15, 0.2) is 0 Å². The number of fused-ring (bicyclic) bond motifs is 9. The van der Waals surface area contributed by atoms with Crippen LogP contribution in [0, 0.1) is 7.14 Å². The zero-order valence-corrected chi connectivity index (χ0v) is 70.1. The van der Waals surface area contributed by atoms with E-state index in [0.717, 1.165) is 104 Å². The van der Waals surface area contributed by atoms with Crippen LogP contribution in [-0.4, -0.2) is 65.8 Å². The zero-order chi connectivity index (χ0) is 71.0. The topological polar surface area (TPSA) is 86.2 Å². The molecule has 3 saturated heterocycles. The monoisotopic (exact) mass is 1960 g/mol. The van der Waals surface area contributed by atoms with Gasteiger partial charge in [0.2, 0.25) is 0 Å². The number of ether oxygens (including phenoxy) is 3. The molecule has 0 bridgehead atoms. The Bertz CT molecular complexity index is 4540. The second-order valence-electron chi connectivity index (χ2n) is 26.6. The van der Waals surface area contributed by atoms with E-state index in [1.54, 1.807) is 0 Å². The van der Waals surface area contributed by atoms with Gasteiger partial charge in [-0.15, -0.1) is 0 Å². The summed E-state index contributed by atoms with van der Waals surface area (Å²) in [7, 11) is 0. The largest absolute Gasteiger partial charge is 0.399 e. The molecule has 3 heterocycles. The van der Waals surface area contributed by atoms with Crippen molar-refractivity contribution in [1.82, 2.24) is 0 Å². The van der Waals surface area contributed by atoms with Crippen molar-refractivity contribution in [2.24, 2.45) is 0 Å². The molecule has 3 fully saturated rings. The smallest absolute Gasteiger partial charge is 0.0714 e. The molecule has 12 aromatic rings. The number of benzene rings is 12. The number of rotatable bonds is 8. The third-order valence-electron chi connectivity index (χ3n) is 20.9. The molecule has 518 valence electrons. The molecular formula is C88H72Br6I2N4O3. The van der Waals surface area contributed by atoms with E-state index in [1.807, 2.05) is 24.3 Å². The van der Waals surface area contributed by atoms with Gasteiger partial charge in [-0.05, 0) is 310 Å². The van der Waals surface area contributed by atoms with Crippen LogP contribution in [0.5, 0.6) is 0 Å². The average Bonchev–Trinajstić information content (AvgIpc) is 1.51. The molecule has 0 atom stereocenters. The number of nitrogen functional groups attached to an aromatic ring is 2. The number of hydrogen-bond donors (Lipinski definition) is 2. The van der Waals surface area contributed by atoms with Crippen molar-refractivity contribution >= 4 is 164 Å². The maximum absolute atomic E-state index is 6.03. The van der Waals surface area contributed by atoms with Crippen LogP contribution >= 0.6 is 141 Å². The number of anilines is 4. The van der Waals surface area contributed by atoms with Crippen LogP contribution < -0.4 is 21.3 Å². The third-order valence-corrected chi connectivity index (χ3v) is 25.3. The summed E-state index contributed by atoms with van der Waals surface area (Å²) >= 11 is 27.2. The quantitative estimate of drug-likeness (QED) is 0.116. The average molecular weight is 1970 g/mol. The van der Waals surface area contributed by atoms with E-state index in [0.29, 0.717) is 0 Å². The van der Waals surface area contributed by atoms with Gasteiger partial charge in [-0.1, -0.05) is 205 Å². The molecule has 0 amide bonds. The van der Waals surface area contributed by atoms with Gasteiger partial charge in [0, 0.05) is 96.1 Å². The molecule has 0 unspecified atom stereocenters. The molecule has 0 spiro atoms. The lowest BCUT2D eigenvalue weighted by Crippen LogP contribution is -2.36. The molecule has 4 N–H and O–H groups in total. The number of hydrogen-bond acceptors (Lipinski definition) is 7. The highest BCUT2D eigenvalue weighted by molar-refractivity contribution is 14.1. The van der Waals surface area contributed by atoms with Crippen LogP contribution in [0.3, 0.4) is 0 Å². The predicted octanol–water partition coefficient (Wildman–Crippen LogP) is 24.0. The molecule has 0 saturated carbocycles. The molecule has 18 rings (SSSR count). The van der Waals surface area contributed by atoms with E-state index < -0.39 is 10.8 Å². The standard InChI is InChI=1S/C33H30Br2N2O2.C25H14Br2I2.C25H18Br2N2.C5H10O/c34-25-5-11-29-30-12-6-26(35)22-32(30)33(31(29)21-25,23-1-7-27(8-2-23)36-13-17-38-18-14-36)24-3-9-28(10-4-24)37-15-19-39-20-16-37;2*26-17-5-11-21-22-12-6-18(27)14-24(22)25(23(21)13-17,15-1-7-19(28)8-2-15)16-3-9-20(29)10-4-16;1-2-4-6-5-3-1/h1-12,21-22H,13-20H2;1-14H;1-14H,28-29H2;1-5H2. The van der Waals surface area contributed by atoms with Crippen molar-refractivity contribution in [2.75, 3.05) is 87.1 Å². The minimum absolute atomic E-state index is 0.354. The highest BCUT2D eigenvalue weighted by Gasteiger charge is 2.49. The summed E-state index contributed by atoms with van der Waals surface area (Å²) in [5, 5.41) is 0. The van der Waals surface area contributed by atoms with Gasteiger partial charge in [0.1, 0.15) is 0 Å². The van der Waals surface area contributed by atoms with E-state index in [2.05, 4.69) is 381 Å². The molecule has 12 aromatic carbocycles. The van der Waals surface area contributed by atoms with Crippen molar-refractivity contribution < 1.29 is 14.2 Å². The second kappa shape index (κ2) is 31.5. The van der Waals surface area contributed by atoms with Crippen LogP contribution in [0.1, 0.15) is 86.0 Å². The normalized spacial score (nSPS) is 16.0. The van der Waals surface area contributed by atoms with E-state index >= 15 is 0 Å². The number of halogens is 8. The number of morpholine rings is 2. The molecule has 15 heteroatoms. The molecular weight excluding hydrogens is 1890 g/mol. The Morgan fingerprint density at radius 1 is 0.262 bits per heavy atom. The Morgan fingerprint density at radius 3 is 0.689 bits per heavy atom. The first-order chi connectivity index (χ1) is 50.1. The van der Waals surface area contributed by atoms with Crippen molar-refractivity contribution in [1.29, 1.82) is 0 Å². The Balaban J connectivity index is 0.000000121. The van der Waals surface area contributed by atoms with Crippen LogP contribution in [0.2, 0.25) is 0 Å². The van der Waals surface area contributed by atoms with E-state index in [9.17, 15) is 0 Å². The van der Waals surface area contributed by atoms with Gasteiger partial charge in [-0.3, -0.25) is 0 Å². The van der Waals surface area contributed by atoms with E-state index in [1.165, 1.54) is 138 Å². The number of nitrogens with two attached hydrogens (primary N) is 2. The van der Waals surface area contributed by atoms with Crippen molar-refractivity contribution in [3.8, 4) is 33.4 Å². The fourth-order valence-corrected chi connectivity index (χ4v) is 19.1. The summed E-state index contributed by atoms with van der Waals surface area (Å²) in [5.74, 6) is 0. The second-order valence-corrected chi connectivity index (χ2v) is 34.6. The van der Waals surface area contributed by atoms with Gasteiger partial charge in [-0.25, -0.2) is 0 Å². The molecule has 0 radical (unpaired) electrons. The lowest BCUT2D eigenvalue weighted by Gasteiger charge is -2.36. The lowest BCUT2D eigenvalue weighted by atomic mass is 9.67. The molecule has 3 aliphatic heterocycles. The van der Waals surface area contributed by atoms with Crippen molar-refractivity contribution in [2.45, 2.75) is 35.5 Å². The highest BCUT2D eigenvalue weighted by Crippen LogP contribution is 2.61. The summed E-state index contributed by atoms with van der Waals surface area (Å²) in [6.07, 6.45) is 3.93. The fraction of sp³-hybridized carbons (Fsp3) is 0.182. The molecule has 103 heavy (non-hydrogen) atoms. The van der Waals surface area contributed by atoms with Gasteiger partial charge >= 0.3 is 0 Å². The maximum Gasteiger partial charge on any atom is 0.0714 e. The summed E-state index contributed by atoms with van der Waals surface area (Å²) in [6.45, 7) is 8.85. The zero-order valence-electron chi connectivity index (χ0n) is 56.2. The molecule has 6 aliphatic rings. The Morgan fingerprint density at radius 2 is 0.476 bits per heavy atom. The van der Waals surface area contributed by atoms with Crippen molar-refractivity contribution in [3.05, 3.63) is 356 Å². The molecule has 7 nitrogen and oxygen atoms in total. The Hall–Kier alpha value is -5.94. The Labute approximate surface area is 681 Å². The summed E-state index contributed by atoms with van der Waals surface area (Å²) < 4.78 is 25.2. The van der Waals surface area contributed by atoms with Gasteiger partial charge < -0.3 is 35.5 Å². The third kappa shape index (κ3) is 14.0. The van der Waals surface area contributed by atoms with Gasteiger partial charge in [-0.2, -0.15) is 0 Å². The lowest BCUT2D eigenvalue weighted by molar-refractivity contribution is 0.0968. The first-order valence-electron chi connectivity index (χ1n) is 34.6. The van der Waals surface area contributed by atoms with Crippen LogP contribution in [0.4, 0.5) is 22.7 Å². The summed E-state index contributed by atoms with van der Waals surface area (Å²) in [5.41, 5.74) is 37.7. The number of nitrogens with zero attached hydrogens (tertiary/aromatic N) is 2.